The highest BCUT2D eigenvalue weighted by Gasteiger charge is 2.02. The number of aliphatic hydroxyl groups is 1. The summed E-state index contributed by atoms with van der Waals surface area (Å²) < 4.78 is 5.50. The normalized spacial score (nSPS) is 10.5. The number of ether oxygens (including phenoxy) is 1. The summed E-state index contributed by atoms with van der Waals surface area (Å²) in [4.78, 5) is 0. The quantitative estimate of drug-likeness (QED) is 0.704. The zero-order chi connectivity index (χ0) is 12.5. The molecule has 1 rings (SSSR count). The lowest BCUT2D eigenvalue weighted by Crippen LogP contribution is -2.15. The minimum atomic E-state index is 0.220. The molecule has 17 heavy (non-hydrogen) atoms. The van der Waals surface area contributed by atoms with Crippen LogP contribution in [0.1, 0.15) is 25.3 Å². The van der Waals surface area contributed by atoms with Gasteiger partial charge in [-0.15, -0.1) is 0 Å². The predicted molar refractivity (Wildman–Crippen MR) is 70.6 cm³/mol. The molecule has 0 bridgehead atoms. The average Bonchev–Trinajstić information content (AvgIpc) is 2.34. The van der Waals surface area contributed by atoms with E-state index in [1.807, 2.05) is 18.2 Å². The van der Waals surface area contributed by atoms with Crippen molar-refractivity contribution in [2.45, 2.75) is 26.3 Å². The first-order valence-corrected chi connectivity index (χ1v) is 6.38. The second kappa shape index (κ2) is 8.34. The molecule has 2 N–H and O–H groups in total. The molecule has 0 aliphatic carbocycles. The van der Waals surface area contributed by atoms with Gasteiger partial charge >= 0.3 is 0 Å². The number of halogens is 1. The van der Waals surface area contributed by atoms with Crippen molar-refractivity contribution >= 4 is 11.6 Å². The Morgan fingerprint density at radius 2 is 2.24 bits per heavy atom. The van der Waals surface area contributed by atoms with E-state index in [2.05, 4.69) is 12.2 Å². The summed E-state index contributed by atoms with van der Waals surface area (Å²) in [6.07, 6.45) is 1.74. The topological polar surface area (TPSA) is 41.5 Å². The zero-order valence-corrected chi connectivity index (χ0v) is 11.0. The van der Waals surface area contributed by atoms with Crippen LogP contribution in [0.25, 0.3) is 0 Å². The van der Waals surface area contributed by atoms with Crippen LogP contribution in [-0.4, -0.2) is 24.9 Å². The number of nitrogens with one attached hydrogen (secondary N) is 1. The molecule has 3 nitrogen and oxygen atoms in total. The molecule has 0 saturated carbocycles. The van der Waals surface area contributed by atoms with Crippen molar-refractivity contribution in [2.75, 3.05) is 19.8 Å². The molecular formula is C13H20ClNO2. The summed E-state index contributed by atoms with van der Waals surface area (Å²) in [6.45, 7) is 4.54. The van der Waals surface area contributed by atoms with Gasteiger partial charge in [-0.2, -0.15) is 0 Å². The van der Waals surface area contributed by atoms with E-state index >= 15 is 0 Å². The monoisotopic (exact) mass is 257 g/mol. The summed E-state index contributed by atoms with van der Waals surface area (Å²) in [7, 11) is 0. The van der Waals surface area contributed by atoms with Gasteiger partial charge in [0.2, 0.25) is 0 Å². The van der Waals surface area contributed by atoms with E-state index < -0.39 is 0 Å². The number of rotatable bonds is 8. The molecule has 0 amide bonds. The Morgan fingerprint density at radius 1 is 1.41 bits per heavy atom. The maximum Gasteiger partial charge on any atom is 0.137 e. The Morgan fingerprint density at radius 3 is 2.88 bits per heavy atom. The summed E-state index contributed by atoms with van der Waals surface area (Å²) in [6, 6.07) is 5.82. The van der Waals surface area contributed by atoms with Gasteiger partial charge in [0.05, 0.1) is 11.6 Å². The molecule has 96 valence electrons. The van der Waals surface area contributed by atoms with Gasteiger partial charge in [-0.3, -0.25) is 0 Å². The van der Waals surface area contributed by atoms with Crippen molar-refractivity contribution in [3.05, 3.63) is 28.8 Å². The Balaban J connectivity index is 2.44. The SMILES string of the molecule is CCCOc1ccc(CNCCCO)cc1Cl. The van der Waals surface area contributed by atoms with E-state index in [1.165, 1.54) is 0 Å². The molecule has 0 unspecified atom stereocenters. The van der Waals surface area contributed by atoms with Gasteiger partial charge < -0.3 is 15.2 Å². The van der Waals surface area contributed by atoms with Gasteiger partial charge in [0, 0.05) is 13.2 Å². The van der Waals surface area contributed by atoms with Crippen LogP contribution in [0.5, 0.6) is 5.75 Å². The lowest BCUT2D eigenvalue weighted by molar-refractivity contribution is 0.286. The molecule has 0 spiro atoms. The van der Waals surface area contributed by atoms with Crippen molar-refractivity contribution < 1.29 is 9.84 Å². The fourth-order valence-corrected chi connectivity index (χ4v) is 1.68. The molecule has 0 aliphatic rings. The largest absolute Gasteiger partial charge is 0.492 e. The van der Waals surface area contributed by atoms with Crippen LogP contribution in [0, 0.1) is 0 Å². The van der Waals surface area contributed by atoms with Crippen LogP contribution in [0.15, 0.2) is 18.2 Å². The smallest absolute Gasteiger partial charge is 0.137 e. The second-order valence-electron chi connectivity index (χ2n) is 3.87. The van der Waals surface area contributed by atoms with E-state index in [0.29, 0.717) is 11.6 Å². The zero-order valence-electron chi connectivity index (χ0n) is 10.2. The molecule has 0 radical (unpaired) electrons. The minimum absolute atomic E-state index is 0.220. The van der Waals surface area contributed by atoms with Crippen molar-refractivity contribution in [3.63, 3.8) is 0 Å². The number of hydrogen-bond acceptors (Lipinski definition) is 3. The molecule has 0 atom stereocenters. The number of aliphatic hydroxyl groups excluding tert-OH is 1. The third kappa shape index (κ3) is 5.39. The van der Waals surface area contributed by atoms with Gasteiger partial charge in [0.1, 0.15) is 5.75 Å². The fourth-order valence-electron chi connectivity index (χ4n) is 1.42. The molecule has 0 heterocycles. The van der Waals surface area contributed by atoms with E-state index in [-0.39, 0.29) is 6.61 Å². The van der Waals surface area contributed by atoms with Crippen LogP contribution in [0.3, 0.4) is 0 Å². The standard InChI is InChI=1S/C13H20ClNO2/c1-2-8-17-13-5-4-11(9-12(13)14)10-15-6-3-7-16/h4-5,9,15-16H,2-3,6-8,10H2,1H3. The molecule has 0 fully saturated rings. The summed E-state index contributed by atoms with van der Waals surface area (Å²) in [5, 5.41) is 12.5. The molecule has 0 aliphatic heterocycles. The Kier molecular flexibility index (Phi) is 7.01. The average molecular weight is 258 g/mol. The summed E-state index contributed by atoms with van der Waals surface area (Å²) in [5.41, 5.74) is 1.12. The van der Waals surface area contributed by atoms with Crippen molar-refractivity contribution in [3.8, 4) is 5.75 Å². The van der Waals surface area contributed by atoms with Gasteiger partial charge in [0.25, 0.3) is 0 Å². The first-order chi connectivity index (χ1) is 8.27. The third-order valence-corrected chi connectivity index (χ3v) is 2.59. The predicted octanol–water partition coefficient (Wildman–Crippen LogP) is 2.60. The first kappa shape index (κ1) is 14.3. The highest BCUT2D eigenvalue weighted by Crippen LogP contribution is 2.25. The van der Waals surface area contributed by atoms with Crippen LogP contribution in [0.2, 0.25) is 5.02 Å². The first-order valence-electron chi connectivity index (χ1n) is 6.00. The van der Waals surface area contributed by atoms with Gasteiger partial charge in [-0.1, -0.05) is 24.6 Å². The molecule has 4 heteroatoms. The third-order valence-electron chi connectivity index (χ3n) is 2.30. The van der Waals surface area contributed by atoms with Crippen LogP contribution >= 0.6 is 11.6 Å². The van der Waals surface area contributed by atoms with Crippen molar-refractivity contribution in [2.24, 2.45) is 0 Å². The summed E-state index contributed by atoms with van der Waals surface area (Å²) in [5.74, 6) is 0.743. The number of hydrogen-bond donors (Lipinski definition) is 2. The van der Waals surface area contributed by atoms with E-state index in [1.54, 1.807) is 0 Å². The van der Waals surface area contributed by atoms with Crippen LogP contribution in [0.4, 0.5) is 0 Å². The van der Waals surface area contributed by atoms with Gasteiger partial charge in [-0.25, -0.2) is 0 Å². The fraction of sp³-hybridized carbons (Fsp3) is 0.538. The highest BCUT2D eigenvalue weighted by molar-refractivity contribution is 6.32. The number of benzene rings is 1. The lowest BCUT2D eigenvalue weighted by Gasteiger charge is -2.09. The van der Waals surface area contributed by atoms with Gasteiger partial charge in [0.15, 0.2) is 0 Å². The van der Waals surface area contributed by atoms with Crippen LogP contribution in [-0.2, 0) is 6.54 Å². The van der Waals surface area contributed by atoms with Crippen LogP contribution < -0.4 is 10.1 Å². The Labute approximate surface area is 108 Å². The maximum atomic E-state index is 8.65. The molecule has 0 aromatic heterocycles. The van der Waals surface area contributed by atoms with Crippen molar-refractivity contribution in [1.29, 1.82) is 0 Å². The van der Waals surface area contributed by atoms with Crippen molar-refractivity contribution in [1.82, 2.24) is 5.32 Å². The highest BCUT2D eigenvalue weighted by atomic mass is 35.5. The maximum absolute atomic E-state index is 8.65. The molecule has 1 aromatic rings. The van der Waals surface area contributed by atoms with E-state index in [4.69, 9.17) is 21.4 Å². The minimum Gasteiger partial charge on any atom is -0.492 e. The lowest BCUT2D eigenvalue weighted by atomic mass is 10.2. The molecular weight excluding hydrogens is 238 g/mol. The second-order valence-corrected chi connectivity index (χ2v) is 4.27. The molecule has 0 saturated heterocycles. The Bertz CT molecular complexity index is 331. The van der Waals surface area contributed by atoms with E-state index in [9.17, 15) is 0 Å². The molecule has 1 aromatic carbocycles. The Hall–Kier alpha value is -0.770. The summed E-state index contributed by atoms with van der Waals surface area (Å²) >= 11 is 6.11. The van der Waals surface area contributed by atoms with Gasteiger partial charge in [-0.05, 0) is 37.1 Å². The van der Waals surface area contributed by atoms with E-state index in [0.717, 1.165) is 37.2 Å².